The predicted octanol–water partition coefficient (Wildman–Crippen LogP) is 3.82. The zero-order valence-electron chi connectivity index (χ0n) is 15.3. The molecule has 0 spiro atoms. The molecule has 1 N–H and O–H groups in total. The van der Waals surface area contributed by atoms with Gasteiger partial charge in [-0.25, -0.2) is 0 Å². The molecule has 2 aromatic rings. The van der Waals surface area contributed by atoms with E-state index in [-0.39, 0.29) is 24.4 Å². The first-order chi connectivity index (χ1) is 12.3. The van der Waals surface area contributed by atoms with Gasteiger partial charge in [0.05, 0.1) is 13.2 Å². The first-order valence-electron chi connectivity index (χ1n) is 9.38. The number of likely N-dealkylation sites (tertiary alicyclic amines) is 1. The Morgan fingerprint density at radius 1 is 1.00 bits per heavy atom. The minimum atomic E-state index is -0.331. The Kier molecular flexibility index (Phi) is 6.23. The molecule has 1 fully saturated rings. The SMILES string of the molecule is COc1ccccc1C1CCN(C2CCc3ccccc3C2)CC1O.Cl. The molecule has 0 amide bonds. The van der Waals surface area contributed by atoms with Crippen molar-refractivity contribution in [1.29, 1.82) is 0 Å². The highest BCUT2D eigenvalue weighted by Crippen LogP contribution is 2.36. The summed E-state index contributed by atoms with van der Waals surface area (Å²) in [6.45, 7) is 1.81. The fourth-order valence-electron chi connectivity index (χ4n) is 4.61. The van der Waals surface area contributed by atoms with Gasteiger partial charge in [-0.2, -0.15) is 0 Å². The fraction of sp³-hybridized carbons (Fsp3) is 0.455. The van der Waals surface area contributed by atoms with Crippen LogP contribution >= 0.6 is 12.4 Å². The molecule has 3 nitrogen and oxygen atoms in total. The van der Waals surface area contributed by atoms with Gasteiger partial charge in [-0.3, -0.25) is 4.90 Å². The molecule has 0 radical (unpaired) electrons. The zero-order chi connectivity index (χ0) is 17.2. The molecule has 1 heterocycles. The number of nitrogens with zero attached hydrogens (tertiary/aromatic N) is 1. The van der Waals surface area contributed by atoms with Crippen molar-refractivity contribution in [3.05, 3.63) is 65.2 Å². The number of aliphatic hydroxyl groups is 1. The lowest BCUT2D eigenvalue weighted by molar-refractivity contribution is 0.0257. The standard InChI is InChI=1S/C22H27NO2.ClH/c1-25-22-9-5-4-8-20(22)19-12-13-23(15-21(19)24)18-11-10-16-6-2-3-7-17(16)14-18;/h2-9,18-19,21,24H,10-15H2,1H3;1H. The first kappa shape index (κ1) is 19.2. The summed E-state index contributed by atoms with van der Waals surface area (Å²) in [6, 6.07) is 17.5. The average Bonchev–Trinajstić information content (AvgIpc) is 2.67. The highest BCUT2D eigenvalue weighted by molar-refractivity contribution is 5.85. The second-order valence-electron chi connectivity index (χ2n) is 7.36. The van der Waals surface area contributed by atoms with Crippen LogP contribution in [0.25, 0.3) is 0 Å². The summed E-state index contributed by atoms with van der Waals surface area (Å²) in [7, 11) is 1.71. The molecule has 0 bridgehead atoms. The summed E-state index contributed by atoms with van der Waals surface area (Å²) in [4.78, 5) is 2.51. The van der Waals surface area contributed by atoms with Crippen LogP contribution in [0, 0.1) is 0 Å². The molecule has 0 aromatic heterocycles. The van der Waals surface area contributed by atoms with E-state index in [1.807, 2.05) is 18.2 Å². The number of β-amino-alcohol motifs (C(OH)–C–C–N with tert-alkyl or cyclic N) is 1. The minimum Gasteiger partial charge on any atom is -0.496 e. The predicted molar refractivity (Wildman–Crippen MR) is 107 cm³/mol. The van der Waals surface area contributed by atoms with Gasteiger partial charge in [-0.15, -0.1) is 12.4 Å². The number of aliphatic hydroxyl groups excluding tert-OH is 1. The number of piperidine rings is 1. The fourth-order valence-corrected chi connectivity index (χ4v) is 4.61. The number of ether oxygens (including phenoxy) is 1. The lowest BCUT2D eigenvalue weighted by Crippen LogP contribution is -2.49. The van der Waals surface area contributed by atoms with Crippen molar-refractivity contribution in [2.75, 3.05) is 20.2 Å². The molecule has 4 rings (SSSR count). The van der Waals surface area contributed by atoms with Crippen molar-refractivity contribution in [3.8, 4) is 5.75 Å². The number of benzene rings is 2. The van der Waals surface area contributed by atoms with Crippen LogP contribution in [-0.4, -0.2) is 42.4 Å². The second-order valence-corrected chi connectivity index (χ2v) is 7.36. The van der Waals surface area contributed by atoms with E-state index in [1.165, 1.54) is 17.5 Å². The van der Waals surface area contributed by atoms with Crippen LogP contribution in [0.5, 0.6) is 5.75 Å². The van der Waals surface area contributed by atoms with Gasteiger partial charge < -0.3 is 9.84 Å². The first-order valence-corrected chi connectivity index (χ1v) is 9.38. The zero-order valence-corrected chi connectivity index (χ0v) is 16.1. The van der Waals surface area contributed by atoms with Crippen molar-refractivity contribution in [2.24, 2.45) is 0 Å². The number of methoxy groups -OCH3 is 1. The Morgan fingerprint density at radius 2 is 1.73 bits per heavy atom. The lowest BCUT2D eigenvalue weighted by Gasteiger charge is -2.42. The van der Waals surface area contributed by atoms with Crippen LogP contribution in [0.3, 0.4) is 0 Å². The Bertz CT molecular complexity index is 736. The molecule has 2 aliphatic rings. The number of para-hydroxylation sites is 1. The topological polar surface area (TPSA) is 32.7 Å². The second kappa shape index (κ2) is 8.43. The Labute approximate surface area is 162 Å². The van der Waals surface area contributed by atoms with Crippen LogP contribution < -0.4 is 4.74 Å². The molecule has 0 saturated carbocycles. The number of rotatable bonds is 3. The molecular weight excluding hydrogens is 346 g/mol. The smallest absolute Gasteiger partial charge is 0.122 e. The monoisotopic (exact) mass is 373 g/mol. The maximum absolute atomic E-state index is 10.8. The molecule has 3 atom stereocenters. The van der Waals surface area contributed by atoms with E-state index in [0.29, 0.717) is 6.04 Å². The van der Waals surface area contributed by atoms with Gasteiger partial charge >= 0.3 is 0 Å². The van der Waals surface area contributed by atoms with Gasteiger partial charge in [0.2, 0.25) is 0 Å². The Morgan fingerprint density at radius 3 is 2.50 bits per heavy atom. The average molecular weight is 374 g/mol. The van der Waals surface area contributed by atoms with Crippen molar-refractivity contribution < 1.29 is 9.84 Å². The minimum absolute atomic E-state index is 0. The third-order valence-corrected chi connectivity index (χ3v) is 5.99. The number of halogens is 1. The van der Waals surface area contributed by atoms with E-state index in [0.717, 1.165) is 43.7 Å². The molecule has 4 heteroatoms. The van der Waals surface area contributed by atoms with E-state index in [1.54, 1.807) is 7.11 Å². The molecule has 26 heavy (non-hydrogen) atoms. The van der Waals surface area contributed by atoms with Crippen LogP contribution in [0.2, 0.25) is 0 Å². The largest absolute Gasteiger partial charge is 0.496 e. The van der Waals surface area contributed by atoms with Gasteiger partial charge in [0.15, 0.2) is 0 Å². The van der Waals surface area contributed by atoms with Crippen LogP contribution in [0.1, 0.15) is 35.4 Å². The highest BCUT2D eigenvalue weighted by Gasteiger charge is 2.34. The van der Waals surface area contributed by atoms with E-state index < -0.39 is 0 Å². The van der Waals surface area contributed by atoms with E-state index in [4.69, 9.17) is 4.74 Å². The number of hydrogen-bond acceptors (Lipinski definition) is 3. The van der Waals surface area contributed by atoms with Gasteiger partial charge in [-0.1, -0.05) is 42.5 Å². The molecule has 140 valence electrons. The van der Waals surface area contributed by atoms with E-state index in [9.17, 15) is 5.11 Å². The Hall–Kier alpha value is -1.55. The Balaban J connectivity index is 0.00000196. The highest BCUT2D eigenvalue weighted by atomic mass is 35.5. The lowest BCUT2D eigenvalue weighted by atomic mass is 9.83. The van der Waals surface area contributed by atoms with Crippen molar-refractivity contribution in [1.82, 2.24) is 4.90 Å². The van der Waals surface area contributed by atoms with Crippen LogP contribution in [0.4, 0.5) is 0 Å². The summed E-state index contributed by atoms with van der Waals surface area (Å²) in [5.41, 5.74) is 4.13. The normalized spacial score (nSPS) is 25.8. The third-order valence-electron chi connectivity index (χ3n) is 5.99. The van der Waals surface area contributed by atoms with E-state index in [2.05, 4.69) is 35.2 Å². The van der Waals surface area contributed by atoms with Crippen LogP contribution in [0.15, 0.2) is 48.5 Å². The van der Waals surface area contributed by atoms with Crippen LogP contribution in [-0.2, 0) is 12.8 Å². The van der Waals surface area contributed by atoms with Gasteiger partial charge in [-0.05, 0) is 55.0 Å². The van der Waals surface area contributed by atoms with Gasteiger partial charge in [0.25, 0.3) is 0 Å². The summed E-state index contributed by atoms with van der Waals surface area (Å²) >= 11 is 0. The van der Waals surface area contributed by atoms with Crippen molar-refractivity contribution in [2.45, 2.75) is 43.7 Å². The number of hydrogen-bond donors (Lipinski definition) is 1. The van der Waals surface area contributed by atoms with Crippen molar-refractivity contribution in [3.63, 3.8) is 0 Å². The molecule has 3 unspecified atom stereocenters. The molecular formula is C22H28ClNO2. The number of fused-ring (bicyclic) bond motifs is 1. The summed E-state index contributed by atoms with van der Waals surface area (Å²) in [6.07, 6.45) is 4.12. The summed E-state index contributed by atoms with van der Waals surface area (Å²) < 4.78 is 5.50. The summed E-state index contributed by atoms with van der Waals surface area (Å²) in [5.74, 6) is 1.06. The molecule has 1 aliphatic carbocycles. The maximum Gasteiger partial charge on any atom is 0.122 e. The maximum atomic E-state index is 10.8. The summed E-state index contributed by atoms with van der Waals surface area (Å²) in [5, 5.41) is 10.8. The molecule has 1 aliphatic heterocycles. The quantitative estimate of drug-likeness (QED) is 0.887. The molecule has 2 aromatic carbocycles. The van der Waals surface area contributed by atoms with Gasteiger partial charge in [0.1, 0.15) is 5.75 Å². The van der Waals surface area contributed by atoms with Gasteiger partial charge in [0, 0.05) is 18.5 Å². The molecule has 1 saturated heterocycles. The van der Waals surface area contributed by atoms with Crippen molar-refractivity contribution >= 4 is 12.4 Å². The third kappa shape index (κ3) is 3.75. The van der Waals surface area contributed by atoms with E-state index >= 15 is 0 Å². The number of aryl methyl sites for hydroxylation is 1.